The van der Waals surface area contributed by atoms with Crippen LogP contribution in [0.2, 0.25) is 0 Å². The van der Waals surface area contributed by atoms with Gasteiger partial charge in [-0.3, -0.25) is 9.69 Å². The van der Waals surface area contributed by atoms with Crippen LogP contribution in [0.15, 0.2) is 41.1 Å². The molecule has 2 aromatic heterocycles. The Balaban J connectivity index is 1.53. The second-order valence-corrected chi connectivity index (χ2v) is 6.40. The highest BCUT2D eigenvalue weighted by molar-refractivity contribution is 7.22. The van der Waals surface area contributed by atoms with E-state index in [0.717, 1.165) is 15.9 Å². The molecule has 0 radical (unpaired) electrons. The molecule has 3 aromatic rings. The first-order valence-corrected chi connectivity index (χ1v) is 8.21. The van der Waals surface area contributed by atoms with Crippen molar-refractivity contribution >= 4 is 32.6 Å². The summed E-state index contributed by atoms with van der Waals surface area (Å²) in [7, 11) is 1.96. The third-order valence-electron chi connectivity index (χ3n) is 3.78. The van der Waals surface area contributed by atoms with E-state index in [1.165, 1.54) is 11.3 Å². The lowest BCUT2D eigenvalue weighted by Gasteiger charge is -2.22. The van der Waals surface area contributed by atoms with Crippen molar-refractivity contribution in [3.63, 3.8) is 0 Å². The van der Waals surface area contributed by atoms with Gasteiger partial charge in [-0.2, -0.15) is 0 Å². The zero-order chi connectivity index (χ0) is 16.2. The van der Waals surface area contributed by atoms with Gasteiger partial charge in [-0.15, -0.1) is 0 Å². The number of fused-ring (bicyclic) bond motifs is 1. The van der Waals surface area contributed by atoms with Crippen LogP contribution >= 0.6 is 11.3 Å². The van der Waals surface area contributed by atoms with Crippen molar-refractivity contribution in [1.29, 1.82) is 0 Å². The Kier molecular flexibility index (Phi) is 4.68. The van der Waals surface area contributed by atoms with Crippen LogP contribution in [0.3, 0.4) is 0 Å². The molecule has 0 aliphatic carbocycles. The van der Waals surface area contributed by atoms with Crippen molar-refractivity contribution in [3.8, 4) is 0 Å². The van der Waals surface area contributed by atoms with Crippen LogP contribution in [-0.4, -0.2) is 34.5 Å². The van der Waals surface area contributed by atoms with E-state index in [4.69, 9.17) is 4.52 Å². The summed E-state index contributed by atoms with van der Waals surface area (Å²) in [6.07, 6.45) is 1.95. The summed E-state index contributed by atoms with van der Waals surface area (Å²) in [5.41, 5.74) is 1.77. The maximum Gasteiger partial charge on any atom is 0.227 e. The van der Waals surface area contributed by atoms with Crippen LogP contribution in [0, 0.1) is 0 Å². The van der Waals surface area contributed by atoms with E-state index in [2.05, 4.69) is 20.4 Å². The topological polar surface area (TPSA) is 71.3 Å². The normalized spacial score (nSPS) is 12.7. The van der Waals surface area contributed by atoms with Crippen LogP contribution < -0.4 is 5.32 Å². The lowest BCUT2D eigenvalue weighted by Crippen LogP contribution is -2.27. The summed E-state index contributed by atoms with van der Waals surface area (Å²) in [5, 5.41) is 7.44. The predicted molar refractivity (Wildman–Crippen MR) is 90.4 cm³/mol. The van der Waals surface area contributed by atoms with Crippen LogP contribution in [-0.2, 0) is 4.79 Å². The lowest BCUT2D eigenvalue weighted by molar-refractivity contribution is -0.116. The Hall–Kier alpha value is -2.25. The molecule has 1 amide bonds. The molecule has 0 saturated heterocycles. The highest BCUT2D eigenvalue weighted by atomic mass is 32.1. The van der Waals surface area contributed by atoms with E-state index >= 15 is 0 Å². The average Bonchev–Trinajstić information content (AvgIpc) is 3.20. The van der Waals surface area contributed by atoms with Gasteiger partial charge in [0.1, 0.15) is 12.0 Å². The van der Waals surface area contributed by atoms with E-state index in [0.29, 0.717) is 18.1 Å². The first-order valence-electron chi connectivity index (χ1n) is 7.39. The number of hydrogen-bond donors (Lipinski definition) is 1. The molecule has 0 fully saturated rings. The number of anilines is 1. The fourth-order valence-electron chi connectivity index (χ4n) is 2.24. The Labute approximate surface area is 138 Å². The van der Waals surface area contributed by atoms with Gasteiger partial charge < -0.3 is 9.84 Å². The van der Waals surface area contributed by atoms with E-state index in [9.17, 15) is 4.79 Å². The molecule has 0 aliphatic heterocycles. The van der Waals surface area contributed by atoms with Crippen molar-refractivity contribution < 1.29 is 9.32 Å². The van der Waals surface area contributed by atoms with E-state index in [1.54, 1.807) is 6.26 Å². The molecule has 0 spiro atoms. The number of thiazole rings is 1. The SMILES string of the molecule is C[C@H](c1ccon1)N(C)CCC(=O)Nc1nc2ccccc2s1. The van der Waals surface area contributed by atoms with Crippen LogP contribution in [0.5, 0.6) is 0 Å². The number of amides is 1. The monoisotopic (exact) mass is 330 g/mol. The number of carbonyl (C=O) groups is 1. The molecule has 0 bridgehead atoms. The molecule has 2 heterocycles. The largest absolute Gasteiger partial charge is 0.364 e. The van der Waals surface area contributed by atoms with Crippen molar-refractivity contribution in [1.82, 2.24) is 15.0 Å². The molecule has 1 N–H and O–H groups in total. The van der Waals surface area contributed by atoms with Gasteiger partial charge in [-0.1, -0.05) is 28.6 Å². The Morgan fingerprint density at radius 3 is 2.96 bits per heavy atom. The van der Waals surface area contributed by atoms with Crippen molar-refractivity contribution in [2.75, 3.05) is 18.9 Å². The van der Waals surface area contributed by atoms with Gasteiger partial charge in [0.25, 0.3) is 0 Å². The van der Waals surface area contributed by atoms with Crippen LogP contribution in [0.25, 0.3) is 10.2 Å². The first kappa shape index (κ1) is 15.6. The standard InChI is InChI=1S/C16H18N4O2S/c1-11(12-8-10-22-19-12)20(2)9-7-15(21)18-16-17-13-5-3-4-6-14(13)23-16/h3-6,8,10-11H,7,9H2,1-2H3,(H,17,18,21)/t11-/m1/s1. The summed E-state index contributed by atoms with van der Waals surface area (Å²) in [6.45, 7) is 2.66. The minimum atomic E-state index is -0.0386. The van der Waals surface area contributed by atoms with E-state index in [1.807, 2.05) is 44.3 Å². The van der Waals surface area contributed by atoms with E-state index in [-0.39, 0.29) is 11.9 Å². The summed E-state index contributed by atoms with van der Waals surface area (Å²) in [4.78, 5) is 18.6. The maximum atomic E-state index is 12.1. The molecule has 0 unspecified atom stereocenters. The van der Waals surface area contributed by atoms with Gasteiger partial charge in [0.2, 0.25) is 5.91 Å². The molecule has 7 heteroatoms. The number of hydrogen-bond acceptors (Lipinski definition) is 6. The number of rotatable bonds is 6. The van der Waals surface area contributed by atoms with E-state index < -0.39 is 0 Å². The van der Waals surface area contributed by atoms with Gasteiger partial charge in [0, 0.05) is 19.0 Å². The third-order valence-corrected chi connectivity index (χ3v) is 4.73. The average molecular weight is 330 g/mol. The first-order chi connectivity index (χ1) is 11.1. The molecule has 23 heavy (non-hydrogen) atoms. The molecule has 1 aromatic carbocycles. The molecule has 120 valence electrons. The van der Waals surface area contributed by atoms with Crippen LogP contribution in [0.4, 0.5) is 5.13 Å². The number of benzene rings is 1. The Morgan fingerprint density at radius 1 is 1.39 bits per heavy atom. The third kappa shape index (κ3) is 3.75. The van der Waals surface area contributed by atoms with Crippen molar-refractivity contribution in [2.45, 2.75) is 19.4 Å². The zero-order valence-electron chi connectivity index (χ0n) is 13.0. The second kappa shape index (κ2) is 6.89. The second-order valence-electron chi connectivity index (χ2n) is 5.37. The number of para-hydroxylation sites is 1. The minimum absolute atomic E-state index is 0.0386. The van der Waals surface area contributed by atoms with Gasteiger partial charge in [-0.25, -0.2) is 4.98 Å². The van der Waals surface area contributed by atoms with Gasteiger partial charge in [0.05, 0.1) is 16.3 Å². The number of nitrogens with one attached hydrogen (secondary N) is 1. The molecule has 0 aliphatic rings. The zero-order valence-corrected chi connectivity index (χ0v) is 13.8. The number of nitrogens with zero attached hydrogens (tertiary/aromatic N) is 3. The van der Waals surface area contributed by atoms with Gasteiger partial charge in [-0.05, 0) is 26.1 Å². The number of carbonyl (C=O) groups excluding carboxylic acids is 1. The van der Waals surface area contributed by atoms with Crippen molar-refractivity contribution in [2.24, 2.45) is 0 Å². The maximum absolute atomic E-state index is 12.1. The molecule has 1 atom stereocenters. The summed E-state index contributed by atoms with van der Waals surface area (Å²) < 4.78 is 5.93. The fraction of sp³-hybridized carbons (Fsp3) is 0.312. The predicted octanol–water partition coefficient (Wildman–Crippen LogP) is 3.31. The Bertz CT molecular complexity index is 751. The fourth-order valence-corrected chi connectivity index (χ4v) is 3.12. The summed E-state index contributed by atoms with van der Waals surface area (Å²) in [6, 6.07) is 9.78. The number of aromatic nitrogens is 2. The Morgan fingerprint density at radius 2 is 2.22 bits per heavy atom. The molecule has 3 rings (SSSR count). The van der Waals surface area contributed by atoms with Gasteiger partial charge in [0.15, 0.2) is 5.13 Å². The summed E-state index contributed by atoms with van der Waals surface area (Å²) >= 11 is 1.49. The summed E-state index contributed by atoms with van der Waals surface area (Å²) in [5.74, 6) is -0.0386. The van der Waals surface area contributed by atoms with Crippen molar-refractivity contribution in [3.05, 3.63) is 42.3 Å². The van der Waals surface area contributed by atoms with Crippen LogP contribution in [0.1, 0.15) is 25.1 Å². The molecule has 6 nitrogen and oxygen atoms in total. The van der Waals surface area contributed by atoms with Gasteiger partial charge >= 0.3 is 0 Å². The molecular weight excluding hydrogens is 312 g/mol. The smallest absolute Gasteiger partial charge is 0.227 e. The molecule has 0 saturated carbocycles. The lowest BCUT2D eigenvalue weighted by atomic mass is 10.2. The quantitative estimate of drug-likeness (QED) is 0.751. The molecular formula is C16H18N4O2S. The highest BCUT2D eigenvalue weighted by Crippen LogP contribution is 2.25. The highest BCUT2D eigenvalue weighted by Gasteiger charge is 2.16. The minimum Gasteiger partial charge on any atom is -0.364 e.